The number of likely N-dealkylation sites (tertiary alicyclic amines) is 1. The summed E-state index contributed by atoms with van der Waals surface area (Å²) in [5.41, 5.74) is 4.87. The van der Waals surface area contributed by atoms with Crippen molar-refractivity contribution in [2.45, 2.75) is 50.7 Å². The van der Waals surface area contributed by atoms with Crippen LogP contribution in [0, 0.1) is 0 Å². The normalized spacial score (nSPS) is 20.4. The first-order chi connectivity index (χ1) is 18.5. The summed E-state index contributed by atoms with van der Waals surface area (Å²) < 4.78 is 0. The first-order valence-electron chi connectivity index (χ1n) is 13.2. The predicted molar refractivity (Wildman–Crippen MR) is 141 cm³/mol. The van der Waals surface area contributed by atoms with Crippen LogP contribution in [0.15, 0.2) is 60.9 Å². The number of fused-ring (bicyclic) bond motifs is 1. The van der Waals surface area contributed by atoms with Gasteiger partial charge < -0.3 is 10.2 Å². The number of anilines is 2. The zero-order valence-electron chi connectivity index (χ0n) is 21.1. The number of hydrogen-bond acceptors (Lipinski definition) is 7. The highest BCUT2D eigenvalue weighted by Crippen LogP contribution is 2.34. The Balaban J connectivity index is 1.06. The molecule has 3 aliphatic rings. The Labute approximate surface area is 221 Å². The van der Waals surface area contributed by atoms with Gasteiger partial charge in [-0.3, -0.25) is 24.6 Å². The summed E-state index contributed by atoms with van der Waals surface area (Å²) >= 11 is 0. The minimum Gasteiger partial charge on any atom is -0.340 e. The van der Waals surface area contributed by atoms with Crippen LogP contribution in [-0.4, -0.2) is 56.6 Å². The number of aromatic nitrogens is 2. The average Bonchev–Trinajstić information content (AvgIpc) is 3.25. The average molecular weight is 511 g/mol. The van der Waals surface area contributed by atoms with Gasteiger partial charge in [0.15, 0.2) is 0 Å². The maximum Gasteiger partial charge on any atom is 0.255 e. The van der Waals surface area contributed by atoms with Crippen molar-refractivity contribution in [1.29, 1.82) is 0 Å². The first kappa shape index (κ1) is 24.2. The zero-order chi connectivity index (χ0) is 26.1. The highest BCUT2D eigenvalue weighted by Gasteiger charge is 2.39. The van der Waals surface area contributed by atoms with Crippen LogP contribution in [0.25, 0.3) is 0 Å². The molecule has 2 N–H and O–H groups in total. The molecule has 38 heavy (non-hydrogen) atoms. The van der Waals surface area contributed by atoms with Gasteiger partial charge in [-0.2, -0.15) is 0 Å². The summed E-state index contributed by atoms with van der Waals surface area (Å²) in [7, 11) is 0. The molecule has 6 rings (SSSR count). The smallest absolute Gasteiger partial charge is 0.255 e. The minimum atomic E-state index is -0.579. The van der Waals surface area contributed by atoms with Gasteiger partial charge in [-0.15, -0.1) is 0 Å². The van der Waals surface area contributed by atoms with E-state index in [1.807, 2.05) is 42.5 Å². The van der Waals surface area contributed by atoms with Crippen molar-refractivity contribution in [3.8, 4) is 0 Å². The fourth-order valence-electron chi connectivity index (χ4n) is 5.72. The van der Waals surface area contributed by atoms with E-state index in [1.54, 1.807) is 11.2 Å². The molecule has 2 aromatic carbocycles. The van der Waals surface area contributed by atoms with Gasteiger partial charge in [-0.1, -0.05) is 30.3 Å². The molecular weight excluding hydrogens is 480 g/mol. The van der Waals surface area contributed by atoms with Crippen LogP contribution in [-0.2, 0) is 22.7 Å². The van der Waals surface area contributed by atoms with E-state index in [1.165, 1.54) is 5.56 Å². The summed E-state index contributed by atoms with van der Waals surface area (Å²) in [6.07, 6.45) is 4.32. The molecule has 0 spiro atoms. The van der Waals surface area contributed by atoms with Gasteiger partial charge in [0.2, 0.25) is 11.8 Å². The number of carbonyl (C=O) groups excluding carboxylic acids is 3. The van der Waals surface area contributed by atoms with E-state index in [2.05, 4.69) is 37.6 Å². The van der Waals surface area contributed by atoms with E-state index in [9.17, 15) is 14.4 Å². The van der Waals surface area contributed by atoms with E-state index in [0.717, 1.165) is 55.2 Å². The molecule has 9 heteroatoms. The number of nitrogens with one attached hydrogen (secondary N) is 2. The van der Waals surface area contributed by atoms with Crippen molar-refractivity contribution in [2.75, 3.05) is 18.4 Å². The molecule has 0 radical (unpaired) electrons. The van der Waals surface area contributed by atoms with Crippen molar-refractivity contribution in [3.05, 3.63) is 83.3 Å². The monoisotopic (exact) mass is 510 g/mol. The van der Waals surface area contributed by atoms with Gasteiger partial charge in [-0.05, 0) is 67.6 Å². The lowest BCUT2D eigenvalue weighted by molar-refractivity contribution is -0.136. The second kappa shape index (κ2) is 10.3. The van der Waals surface area contributed by atoms with Crippen molar-refractivity contribution in [2.24, 2.45) is 0 Å². The molecule has 0 saturated carbocycles. The zero-order valence-corrected chi connectivity index (χ0v) is 21.1. The molecule has 4 heterocycles. The molecular formula is C29H30N6O3. The molecule has 194 valence electrons. The van der Waals surface area contributed by atoms with Gasteiger partial charge in [-0.25, -0.2) is 9.97 Å². The third kappa shape index (κ3) is 5.02. The summed E-state index contributed by atoms with van der Waals surface area (Å²) in [4.78, 5) is 49.7. The Morgan fingerprint density at radius 2 is 1.76 bits per heavy atom. The molecule has 1 unspecified atom stereocenters. The third-order valence-corrected chi connectivity index (χ3v) is 7.76. The van der Waals surface area contributed by atoms with Crippen molar-refractivity contribution >= 4 is 29.2 Å². The highest BCUT2D eigenvalue weighted by atomic mass is 16.2. The van der Waals surface area contributed by atoms with Crippen molar-refractivity contribution in [3.63, 3.8) is 0 Å². The highest BCUT2D eigenvalue weighted by molar-refractivity contribution is 6.05. The quantitative estimate of drug-likeness (QED) is 0.490. The number of hydrogen-bond donors (Lipinski definition) is 2. The maximum atomic E-state index is 13.0. The molecule has 3 amide bonds. The van der Waals surface area contributed by atoms with Crippen LogP contribution < -0.4 is 10.6 Å². The SMILES string of the molecule is O=C1CCC(N2Cc3cc(C4CCN(Cc5cc(Nc6ccccc6)ncn5)CC4)ccc3C2=O)C(=O)N1. The molecule has 2 saturated heterocycles. The topological polar surface area (TPSA) is 108 Å². The fourth-order valence-corrected chi connectivity index (χ4v) is 5.72. The summed E-state index contributed by atoms with van der Waals surface area (Å²) in [6, 6.07) is 17.5. The van der Waals surface area contributed by atoms with Gasteiger partial charge >= 0.3 is 0 Å². The predicted octanol–water partition coefficient (Wildman–Crippen LogP) is 3.36. The second-order valence-corrected chi connectivity index (χ2v) is 10.3. The van der Waals surface area contributed by atoms with Crippen molar-refractivity contribution in [1.82, 2.24) is 25.1 Å². The first-order valence-corrected chi connectivity index (χ1v) is 13.2. The Bertz CT molecular complexity index is 1370. The Hall–Kier alpha value is -4.11. The molecule has 2 fully saturated rings. The Morgan fingerprint density at radius 1 is 0.947 bits per heavy atom. The second-order valence-electron chi connectivity index (χ2n) is 10.3. The molecule has 0 aliphatic carbocycles. The van der Waals surface area contributed by atoms with Crippen LogP contribution in [0.3, 0.4) is 0 Å². The molecule has 3 aromatic rings. The largest absolute Gasteiger partial charge is 0.340 e. The third-order valence-electron chi connectivity index (χ3n) is 7.76. The number of imide groups is 1. The Kier molecular flexibility index (Phi) is 6.59. The number of amides is 3. The molecule has 0 bridgehead atoms. The summed E-state index contributed by atoms with van der Waals surface area (Å²) in [5, 5.41) is 5.69. The number of carbonyl (C=O) groups is 3. The minimum absolute atomic E-state index is 0.123. The lowest BCUT2D eigenvalue weighted by Crippen LogP contribution is -2.52. The van der Waals surface area contributed by atoms with Crippen LogP contribution in [0.2, 0.25) is 0 Å². The maximum absolute atomic E-state index is 13.0. The van der Waals surface area contributed by atoms with Gasteiger partial charge in [0.05, 0.1) is 5.69 Å². The van der Waals surface area contributed by atoms with Gasteiger partial charge in [0.1, 0.15) is 18.2 Å². The van der Waals surface area contributed by atoms with E-state index in [0.29, 0.717) is 24.4 Å². The van der Waals surface area contributed by atoms with Gasteiger partial charge in [0, 0.05) is 36.8 Å². The summed E-state index contributed by atoms with van der Waals surface area (Å²) in [6.45, 7) is 3.13. The van der Waals surface area contributed by atoms with Crippen LogP contribution in [0.5, 0.6) is 0 Å². The van der Waals surface area contributed by atoms with E-state index in [4.69, 9.17) is 0 Å². The van der Waals surface area contributed by atoms with Crippen LogP contribution >= 0.6 is 0 Å². The number of piperidine rings is 2. The van der Waals surface area contributed by atoms with Crippen LogP contribution in [0.1, 0.15) is 58.8 Å². The standard InChI is InChI=1S/C29H30N6O3/c36-27-9-8-25(28(37)33-27)35-16-21-14-20(6-7-24(21)29(35)38)19-10-12-34(13-11-19)17-23-15-26(31-18-30-23)32-22-4-2-1-3-5-22/h1-7,14-15,18-19,25H,8-13,16-17H2,(H,30,31,32)(H,33,36,37). The molecule has 1 atom stereocenters. The summed E-state index contributed by atoms with van der Waals surface area (Å²) in [5.74, 6) is 0.448. The van der Waals surface area contributed by atoms with E-state index in [-0.39, 0.29) is 24.1 Å². The van der Waals surface area contributed by atoms with Gasteiger partial charge in [0.25, 0.3) is 5.91 Å². The van der Waals surface area contributed by atoms with E-state index >= 15 is 0 Å². The fraction of sp³-hybridized carbons (Fsp3) is 0.345. The Morgan fingerprint density at radius 3 is 2.55 bits per heavy atom. The molecule has 1 aromatic heterocycles. The van der Waals surface area contributed by atoms with Crippen LogP contribution in [0.4, 0.5) is 11.5 Å². The lowest BCUT2D eigenvalue weighted by Gasteiger charge is -2.32. The number of rotatable bonds is 6. The molecule has 3 aliphatic heterocycles. The number of nitrogens with zero attached hydrogens (tertiary/aromatic N) is 4. The molecule has 9 nitrogen and oxygen atoms in total. The van der Waals surface area contributed by atoms with E-state index < -0.39 is 6.04 Å². The number of benzene rings is 2. The lowest BCUT2D eigenvalue weighted by atomic mass is 9.88. The van der Waals surface area contributed by atoms with Crippen molar-refractivity contribution < 1.29 is 14.4 Å². The number of para-hydroxylation sites is 1.